The Morgan fingerprint density at radius 1 is 1.50 bits per heavy atom. The highest BCUT2D eigenvalue weighted by Gasteiger charge is 2.28. The lowest BCUT2D eigenvalue weighted by Crippen LogP contribution is -2.46. The van der Waals surface area contributed by atoms with Gasteiger partial charge in [-0.3, -0.25) is 5.41 Å². The second-order valence-electron chi connectivity index (χ2n) is 3.89. The van der Waals surface area contributed by atoms with Crippen LogP contribution in [-0.4, -0.2) is 40.4 Å². The van der Waals surface area contributed by atoms with Crippen LogP contribution in [0.5, 0.6) is 0 Å². The highest BCUT2D eigenvalue weighted by Crippen LogP contribution is 2.29. The molecule has 0 aliphatic carbocycles. The van der Waals surface area contributed by atoms with Crippen molar-refractivity contribution in [3.05, 3.63) is 0 Å². The smallest absolute Gasteiger partial charge is 0.221 e. The summed E-state index contributed by atoms with van der Waals surface area (Å²) < 4.78 is 0.170. The molecule has 0 spiro atoms. The fourth-order valence-corrected chi connectivity index (χ4v) is 2.50. The fraction of sp³-hybridized carbons (Fsp3) is 0.750. The Kier molecular flexibility index (Phi) is 3.25. The van der Waals surface area contributed by atoms with Gasteiger partial charge in [-0.05, 0) is 13.8 Å². The highest BCUT2D eigenvalue weighted by molar-refractivity contribution is 8.00. The lowest BCUT2D eigenvalue weighted by atomic mass is 10.2. The average Bonchev–Trinajstić information content (AvgIpc) is 2.01. The summed E-state index contributed by atoms with van der Waals surface area (Å²) in [4.78, 5) is 5.64. The minimum Gasteiger partial charge on any atom is -0.370 e. The summed E-state index contributed by atoms with van der Waals surface area (Å²) >= 11 is 1.91. The van der Waals surface area contributed by atoms with Crippen molar-refractivity contribution in [1.82, 2.24) is 4.90 Å². The lowest BCUT2D eigenvalue weighted by Gasteiger charge is -2.37. The molecule has 0 aromatic heterocycles. The molecular formula is C8H17N5S. The van der Waals surface area contributed by atoms with Crippen molar-refractivity contribution in [3.8, 4) is 0 Å². The maximum Gasteiger partial charge on any atom is 0.221 e. The summed E-state index contributed by atoms with van der Waals surface area (Å²) in [6.07, 6.45) is 0. The Balaban J connectivity index is 2.61. The van der Waals surface area contributed by atoms with Crippen molar-refractivity contribution in [1.29, 1.82) is 5.41 Å². The van der Waals surface area contributed by atoms with E-state index in [1.165, 1.54) is 0 Å². The molecule has 0 unspecified atom stereocenters. The Hall–Kier alpha value is -0.910. The van der Waals surface area contributed by atoms with Gasteiger partial charge < -0.3 is 16.4 Å². The summed E-state index contributed by atoms with van der Waals surface area (Å²) in [6.45, 7) is 5.97. The number of nitrogens with two attached hydrogens (primary N) is 2. The van der Waals surface area contributed by atoms with E-state index in [0.717, 1.165) is 18.8 Å². The predicted octanol–water partition coefficient (Wildman–Crippen LogP) is 0.0220. The first-order valence-electron chi connectivity index (χ1n) is 4.48. The summed E-state index contributed by atoms with van der Waals surface area (Å²) in [5, 5.41) is 7.66. The highest BCUT2D eigenvalue weighted by atomic mass is 32.2. The quantitative estimate of drug-likeness (QED) is 0.392. The molecule has 80 valence electrons. The van der Waals surface area contributed by atoms with Gasteiger partial charge in [-0.15, -0.1) is 0 Å². The number of aliphatic imine (C=N–C) groups is 1. The van der Waals surface area contributed by atoms with Crippen molar-refractivity contribution in [2.45, 2.75) is 18.6 Å². The second kappa shape index (κ2) is 4.08. The number of hydrogen-bond acceptors (Lipinski definition) is 2. The van der Waals surface area contributed by atoms with Crippen LogP contribution in [0.25, 0.3) is 0 Å². The normalized spacial score (nSPS) is 20.3. The van der Waals surface area contributed by atoms with Crippen LogP contribution in [0.3, 0.4) is 0 Å². The summed E-state index contributed by atoms with van der Waals surface area (Å²) in [7, 11) is 0. The van der Waals surface area contributed by atoms with E-state index < -0.39 is 0 Å². The zero-order chi connectivity index (χ0) is 10.8. The van der Waals surface area contributed by atoms with Crippen LogP contribution in [0, 0.1) is 5.41 Å². The van der Waals surface area contributed by atoms with E-state index in [2.05, 4.69) is 18.8 Å². The molecule has 0 aromatic carbocycles. The standard InChI is InChI=1S/C8H17N5S/c1-8(2)5-13(3-4-14-8)7(11)12-6(9)10/h3-5H2,1-2H3,(H5,9,10,11,12). The van der Waals surface area contributed by atoms with Gasteiger partial charge in [0.05, 0.1) is 0 Å². The molecule has 0 amide bonds. The second-order valence-corrected chi connectivity index (χ2v) is 5.69. The molecule has 14 heavy (non-hydrogen) atoms. The lowest BCUT2D eigenvalue weighted by molar-refractivity contribution is 0.383. The Morgan fingerprint density at radius 3 is 2.64 bits per heavy atom. The van der Waals surface area contributed by atoms with E-state index in [0.29, 0.717) is 0 Å². The molecule has 1 heterocycles. The van der Waals surface area contributed by atoms with Gasteiger partial charge in [0.2, 0.25) is 5.96 Å². The third kappa shape index (κ3) is 3.10. The minimum absolute atomic E-state index is 0.0500. The van der Waals surface area contributed by atoms with E-state index in [9.17, 15) is 0 Å². The number of hydrogen-bond donors (Lipinski definition) is 3. The predicted molar refractivity (Wildman–Crippen MR) is 61.6 cm³/mol. The summed E-state index contributed by atoms with van der Waals surface area (Å²) in [5.74, 6) is 1.12. The molecule has 0 atom stereocenters. The van der Waals surface area contributed by atoms with E-state index in [-0.39, 0.29) is 16.7 Å². The van der Waals surface area contributed by atoms with E-state index in [1.54, 1.807) is 0 Å². The molecule has 6 heteroatoms. The number of thioether (sulfide) groups is 1. The van der Waals surface area contributed by atoms with Crippen molar-refractivity contribution in [2.75, 3.05) is 18.8 Å². The van der Waals surface area contributed by atoms with Crippen molar-refractivity contribution in [3.63, 3.8) is 0 Å². The van der Waals surface area contributed by atoms with Gasteiger partial charge in [0.25, 0.3) is 0 Å². The van der Waals surface area contributed by atoms with Crippen LogP contribution in [0.1, 0.15) is 13.8 Å². The molecule has 1 fully saturated rings. The molecule has 0 bridgehead atoms. The molecule has 5 nitrogen and oxygen atoms in total. The van der Waals surface area contributed by atoms with Crippen LogP contribution in [0.4, 0.5) is 0 Å². The first kappa shape index (κ1) is 11.2. The Labute approximate surface area is 88.4 Å². The number of nitrogens with zero attached hydrogens (tertiary/aromatic N) is 2. The first-order chi connectivity index (χ1) is 6.41. The van der Waals surface area contributed by atoms with Gasteiger partial charge in [0.15, 0.2) is 5.96 Å². The molecule has 5 N–H and O–H groups in total. The van der Waals surface area contributed by atoms with Crippen LogP contribution in [0.15, 0.2) is 4.99 Å². The van der Waals surface area contributed by atoms with Gasteiger partial charge in [0.1, 0.15) is 0 Å². The molecule has 1 aliphatic rings. The molecule has 1 saturated heterocycles. The largest absolute Gasteiger partial charge is 0.370 e. The first-order valence-corrected chi connectivity index (χ1v) is 5.46. The average molecular weight is 215 g/mol. The van der Waals surface area contributed by atoms with E-state index in [4.69, 9.17) is 16.9 Å². The SMILES string of the molecule is CC1(C)CN(C(=N)N=C(N)N)CCS1. The van der Waals surface area contributed by atoms with Gasteiger partial charge in [-0.25, -0.2) is 0 Å². The van der Waals surface area contributed by atoms with Crippen LogP contribution < -0.4 is 11.5 Å². The maximum atomic E-state index is 7.66. The zero-order valence-electron chi connectivity index (χ0n) is 8.58. The van der Waals surface area contributed by atoms with Gasteiger partial charge in [0, 0.05) is 23.6 Å². The van der Waals surface area contributed by atoms with Gasteiger partial charge in [-0.1, -0.05) is 0 Å². The maximum absolute atomic E-state index is 7.66. The van der Waals surface area contributed by atoms with Crippen molar-refractivity contribution in [2.24, 2.45) is 16.5 Å². The molecule has 0 radical (unpaired) electrons. The van der Waals surface area contributed by atoms with E-state index in [1.807, 2.05) is 16.7 Å². The molecule has 0 aromatic rings. The fourth-order valence-electron chi connectivity index (χ4n) is 1.39. The summed E-state index contributed by atoms with van der Waals surface area (Å²) in [6, 6.07) is 0. The third-order valence-electron chi connectivity index (χ3n) is 1.96. The van der Waals surface area contributed by atoms with Gasteiger partial charge in [-0.2, -0.15) is 16.8 Å². The molecule has 1 rings (SSSR count). The molecule has 0 saturated carbocycles. The number of guanidine groups is 2. The zero-order valence-corrected chi connectivity index (χ0v) is 9.40. The van der Waals surface area contributed by atoms with Crippen LogP contribution in [-0.2, 0) is 0 Å². The minimum atomic E-state index is -0.0500. The molecular weight excluding hydrogens is 198 g/mol. The van der Waals surface area contributed by atoms with Crippen LogP contribution >= 0.6 is 11.8 Å². The monoisotopic (exact) mass is 215 g/mol. The molecule has 1 aliphatic heterocycles. The summed E-state index contributed by atoms with van der Waals surface area (Å²) in [5.41, 5.74) is 10.4. The van der Waals surface area contributed by atoms with Gasteiger partial charge >= 0.3 is 0 Å². The number of rotatable bonds is 0. The number of nitrogens with one attached hydrogen (secondary N) is 1. The Morgan fingerprint density at radius 2 is 2.14 bits per heavy atom. The van der Waals surface area contributed by atoms with Crippen LogP contribution in [0.2, 0.25) is 0 Å². The van der Waals surface area contributed by atoms with E-state index >= 15 is 0 Å². The third-order valence-corrected chi connectivity index (χ3v) is 3.26. The Bertz CT molecular complexity index is 256. The van der Waals surface area contributed by atoms with Crippen molar-refractivity contribution >= 4 is 23.7 Å². The topological polar surface area (TPSA) is 91.5 Å². The van der Waals surface area contributed by atoms with Crippen molar-refractivity contribution < 1.29 is 0 Å².